The van der Waals surface area contributed by atoms with Gasteiger partial charge < -0.3 is 5.32 Å². The molecule has 3 rings (SSSR count). The second-order valence-electron chi connectivity index (χ2n) is 5.11. The average Bonchev–Trinajstić information content (AvgIpc) is 2.45. The van der Waals surface area contributed by atoms with E-state index in [1.165, 1.54) is 0 Å². The van der Waals surface area contributed by atoms with Gasteiger partial charge >= 0.3 is 0 Å². The normalized spacial score (nSPS) is 19.8. The number of rotatable bonds is 2. The Morgan fingerprint density at radius 3 is 2.76 bits per heavy atom. The third-order valence-corrected chi connectivity index (χ3v) is 5.71. The summed E-state index contributed by atoms with van der Waals surface area (Å²) in [6.45, 7) is 1.87. The van der Waals surface area contributed by atoms with Crippen LogP contribution < -0.4 is 5.32 Å². The molecule has 0 spiro atoms. The number of aromatic nitrogens is 1. The smallest absolute Gasteiger partial charge is 0.178 e. The molecule has 0 aliphatic carbocycles. The van der Waals surface area contributed by atoms with Crippen LogP contribution in [0.3, 0.4) is 0 Å². The van der Waals surface area contributed by atoms with Crippen LogP contribution in [0.5, 0.6) is 0 Å². The van der Waals surface area contributed by atoms with Crippen molar-refractivity contribution in [3.63, 3.8) is 0 Å². The summed E-state index contributed by atoms with van der Waals surface area (Å²) in [5.41, 5.74) is 2.49. The number of fused-ring (bicyclic) bond motifs is 1. The van der Waals surface area contributed by atoms with Gasteiger partial charge in [-0.3, -0.25) is 0 Å². The van der Waals surface area contributed by atoms with Crippen LogP contribution in [0.1, 0.15) is 23.7 Å². The lowest BCUT2D eigenvalue weighted by Gasteiger charge is -2.27. The number of pyridine rings is 1. The van der Waals surface area contributed by atoms with Gasteiger partial charge in [0.15, 0.2) is 9.84 Å². The Morgan fingerprint density at radius 1 is 1.24 bits per heavy atom. The molecule has 0 saturated carbocycles. The van der Waals surface area contributed by atoms with E-state index in [1.54, 1.807) is 18.2 Å². The molecule has 1 aromatic carbocycles. The molecule has 0 fully saturated rings. The zero-order valence-electron chi connectivity index (χ0n) is 11.5. The van der Waals surface area contributed by atoms with E-state index in [9.17, 15) is 8.42 Å². The Hall–Kier alpha value is -1.59. The van der Waals surface area contributed by atoms with E-state index in [2.05, 4.69) is 10.3 Å². The van der Waals surface area contributed by atoms with Gasteiger partial charge in [-0.25, -0.2) is 13.4 Å². The lowest BCUT2D eigenvalue weighted by atomic mass is 10.0. The molecule has 1 atom stereocenters. The topological polar surface area (TPSA) is 59.1 Å². The van der Waals surface area contributed by atoms with Crippen LogP contribution >= 0.6 is 11.6 Å². The fourth-order valence-electron chi connectivity index (χ4n) is 2.61. The zero-order valence-corrected chi connectivity index (χ0v) is 13.1. The molecule has 1 unspecified atom stereocenters. The van der Waals surface area contributed by atoms with Crippen molar-refractivity contribution < 1.29 is 8.42 Å². The number of halogens is 1. The minimum Gasteiger partial charge on any atom is -0.377 e. The van der Waals surface area contributed by atoms with E-state index in [0.29, 0.717) is 16.5 Å². The highest BCUT2D eigenvalue weighted by Crippen LogP contribution is 2.34. The first-order valence-electron chi connectivity index (χ1n) is 6.69. The minimum absolute atomic E-state index is 0.0357. The maximum Gasteiger partial charge on any atom is 0.178 e. The highest BCUT2D eigenvalue weighted by Gasteiger charge is 2.30. The largest absolute Gasteiger partial charge is 0.377 e. The molecule has 2 aromatic rings. The van der Waals surface area contributed by atoms with Gasteiger partial charge in [-0.1, -0.05) is 29.8 Å². The second-order valence-corrected chi connectivity index (χ2v) is 7.57. The molecular weight excluding hydrogens is 308 g/mol. The molecule has 1 aromatic heterocycles. The van der Waals surface area contributed by atoms with Crippen LogP contribution in [-0.4, -0.2) is 19.2 Å². The molecule has 0 saturated heterocycles. The molecule has 1 aliphatic rings. The molecular formula is C15H15ClN2O2S. The van der Waals surface area contributed by atoms with Crippen LogP contribution in [0, 0.1) is 6.92 Å². The number of nitrogens with one attached hydrogen (secondary N) is 1. The summed E-state index contributed by atoms with van der Waals surface area (Å²) in [4.78, 5) is 4.63. The van der Waals surface area contributed by atoms with Gasteiger partial charge in [-0.15, -0.1) is 0 Å². The van der Waals surface area contributed by atoms with Crippen molar-refractivity contribution in [2.45, 2.75) is 24.3 Å². The summed E-state index contributed by atoms with van der Waals surface area (Å²) in [5.74, 6) is 0.155. The number of sulfone groups is 1. The molecule has 1 N–H and O–H groups in total. The van der Waals surface area contributed by atoms with Crippen molar-refractivity contribution in [1.29, 1.82) is 0 Å². The fraction of sp³-hybridized carbons (Fsp3) is 0.267. The molecule has 110 valence electrons. The Kier molecular flexibility index (Phi) is 3.63. The van der Waals surface area contributed by atoms with E-state index >= 15 is 0 Å². The molecule has 6 heteroatoms. The van der Waals surface area contributed by atoms with Gasteiger partial charge in [0.1, 0.15) is 5.15 Å². The van der Waals surface area contributed by atoms with Gasteiger partial charge in [0, 0.05) is 0 Å². The van der Waals surface area contributed by atoms with Crippen LogP contribution in [-0.2, 0) is 9.84 Å². The predicted molar refractivity (Wildman–Crippen MR) is 83.5 cm³/mol. The third-order valence-electron chi connectivity index (χ3n) is 3.69. The first-order valence-corrected chi connectivity index (χ1v) is 8.72. The number of hydrogen-bond acceptors (Lipinski definition) is 4. The van der Waals surface area contributed by atoms with Crippen LogP contribution in [0.15, 0.2) is 41.3 Å². The number of anilines is 1. The predicted octanol–water partition coefficient (Wildman–Crippen LogP) is 3.37. The molecule has 21 heavy (non-hydrogen) atoms. The molecule has 4 nitrogen and oxygen atoms in total. The number of hydrogen-bond donors (Lipinski definition) is 1. The molecule has 0 radical (unpaired) electrons. The summed E-state index contributed by atoms with van der Waals surface area (Å²) >= 11 is 5.86. The van der Waals surface area contributed by atoms with Crippen LogP contribution in [0.4, 0.5) is 5.69 Å². The van der Waals surface area contributed by atoms with Crippen molar-refractivity contribution in [3.05, 3.63) is 52.8 Å². The van der Waals surface area contributed by atoms with Crippen LogP contribution in [0.2, 0.25) is 5.15 Å². The van der Waals surface area contributed by atoms with E-state index in [0.717, 1.165) is 16.9 Å². The SMILES string of the molecule is Cc1nc(Cl)ccc1NC1CCS(=O)(=O)c2ccccc21. The maximum atomic E-state index is 12.1. The number of benzene rings is 1. The third kappa shape index (κ3) is 2.76. The van der Waals surface area contributed by atoms with Crippen LogP contribution in [0.25, 0.3) is 0 Å². The zero-order chi connectivity index (χ0) is 15.0. The Labute approximate surface area is 129 Å². The minimum atomic E-state index is -3.16. The van der Waals surface area contributed by atoms with Crippen molar-refractivity contribution in [2.75, 3.05) is 11.1 Å². The Bertz CT molecular complexity index is 790. The highest BCUT2D eigenvalue weighted by atomic mass is 35.5. The molecule has 0 bridgehead atoms. The maximum absolute atomic E-state index is 12.1. The monoisotopic (exact) mass is 322 g/mol. The quantitative estimate of drug-likeness (QED) is 0.861. The average molecular weight is 323 g/mol. The number of nitrogens with zero attached hydrogens (tertiary/aromatic N) is 1. The van der Waals surface area contributed by atoms with Crippen molar-refractivity contribution in [2.24, 2.45) is 0 Å². The molecule has 1 aliphatic heterocycles. The summed E-state index contributed by atoms with van der Waals surface area (Å²) in [6.07, 6.45) is 0.543. The number of aryl methyl sites for hydroxylation is 1. The Balaban J connectivity index is 1.97. The van der Waals surface area contributed by atoms with E-state index < -0.39 is 9.84 Å². The van der Waals surface area contributed by atoms with Gasteiger partial charge in [0.05, 0.1) is 28.1 Å². The van der Waals surface area contributed by atoms with E-state index in [-0.39, 0.29) is 11.8 Å². The van der Waals surface area contributed by atoms with Gasteiger partial charge in [0.2, 0.25) is 0 Å². The van der Waals surface area contributed by atoms with Gasteiger partial charge in [-0.05, 0) is 37.1 Å². The highest BCUT2D eigenvalue weighted by molar-refractivity contribution is 7.91. The first-order chi connectivity index (χ1) is 9.97. The van der Waals surface area contributed by atoms with Gasteiger partial charge in [0.25, 0.3) is 0 Å². The lowest BCUT2D eigenvalue weighted by Crippen LogP contribution is -2.24. The van der Waals surface area contributed by atoms with Gasteiger partial charge in [-0.2, -0.15) is 0 Å². The lowest BCUT2D eigenvalue weighted by molar-refractivity contribution is 0.576. The Morgan fingerprint density at radius 2 is 2.00 bits per heavy atom. The fourth-order valence-corrected chi connectivity index (χ4v) is 4.42. The summed E-state index contributed by atoms with van der Waals surface area (Å²) < 4.78 is 24.3. The molecule has 0 amide bonds. The summed E-state index contributed by atoms with van der Waals surface area (Å²) in [5, 5.41) is 3.83. The summed E-state index contributed by atoms with van der Waals surface area (Å²) in [7, 11) is -3.16. The first kappa shape index (κ1) is 14.4. The van der Waals surface area contributed by atoms with Crippen molar-refractivity contribution >= 4 is 27.1 Å². The van der Waals surface area contributed by atoms with E-state index in [1.807, 2.05) is 25.1 Å². The molecule has 2 heterocycles. The van der Waals surface area contributed by atoms with E-state index in [4.69, 9.17) is 11.6 Å². The second kappa shape index (κ2) is 5.31. The van der Waals surface area contributed by atoms with Crippen molar-refractivity contribution in [3.8, 4) is 0 Å². The van der Waals surface area contributed by atoms with Crippen molar-refractivity contribution in [1.82, 2.24) is 4.98 Å². The standard InChI is InChI=1S/C15H15ClN2O2S/c1-10-12(6-7-15(16)17-10)18-13-8-9-21(19,20)14-5-3-2-4-11(13)14/h2-7,13,18H,8-9H2,1H3. The summed E-state index contributed by atoms with van der Waals surface area (Å²) in [6, 6.07) is 10.7.